The number of nitrogen functional groups attached to an aromatic ring is 1. The number of rotatable bonds is 5. The Morgan fingerprint density at radius 3 is 2.86 bits per heavy atom. The third-order valence-corrected chi connectivity index (χ3v) is 5.57. The van der Waals surface area contributed by atoms with Crippen molar-refractivity contribution in [2.75, 3.05) is 23.0 Å². The second-order valence-corrected chi connectivity index (χ2v) is 7.53. The lowest BCUT2D eigenvalue weighted by Gasteiger charge is -1.98. The van der Waals surface area contributed by atoms with Gasteiger partial charge in [0.15, 0.2) is 15.0 Å². The molecule has 4 nitrogen and oxygen atoms in total. The summed E-state index contributed by atoms with van der Waals surface area (Å²) in [4.78, 5) is 3.88. The van der Waals surface area contributed by atoms with Crippen LogP contribution in [0.5, 0.6) is 0 Å². The lowest BCUT2D eigenvalue weighted by atomic mass is 10.9. The van der Waals surface area contributed by atoms with Gasteiger partial charge in [-0.05, 0) is 0 Å². The number of thiazole rings is 1. The van der Waals surface area contributed by atoms with Crippen LogP contribution in [0.25, 0.3) is 0 Å². The highest BCUT2D eigenvalue weighted by Crippen LogP contribution is 2.26. The minimum atomic E-state index is -2.85. The lowest BCUT2D eigenvalue weighted by Crippen LogP contribution is -2.10. The fourth-order valence-electron chi connectivity index (χ4n) is 0.752. The molecule has 7 heteroatoms. The Morgan fingerprint density at radius 1 is 1.64 bits per heavy atom. The van der Waals surface area contributed by atoms with E-state index >= 15 is 0 Å². The Bertz CT molecular complexity index is 385. The molecule has 0 amide bonds. The maximum absolute atomic E-state index is 11.1. The molecule has 1 heterocycles. The van der Waals surface area contributed by atoms with E-state index < -0.39 is 9.84 Å². The van der Waals surface area contributed by atoms with E-state index in [4.69, 9.17) is 5.73 Å². The standard InChI is InChI=1S/C7H12N2O2S3/c1-2-14(10,11)4-3-12-6-5-9-7(8)13-6/h5H,2-4H2,1H3,(H2,8,9). The van der Waals surface area contributed by atoms with E-state index in [9.17, 15) is 8.42 Å². The van der Waals surface area contributed by atoms with Gasteiger partial charge in [0.2, 0.25) is 0 Å². The van der Waals surface area contributed by atoms with Gasteiger partial charge in [0.1, 0.15) is 0 Å². The second kappa shape index (κ2) is 4.99. The van der Waals surface area contributed by atoms with Gasteiger partial charge < -0.3 is 5.73 Å². The highest BCUT2D eigenvalue weighted by atomic mass is 32.2. The van der Waals surface area contributed by atoms with Crippen LogP contribution < -0.4 is 5.73 Å². The van der Waals surface area contributed by atoms with Crippen molar-refractivity contribution in [2.24, 2.45) is 0 Å². The molecule has 14 heavy (non-hydrogen) atoms. The first-order valence-corrected chi connectivity index (χ1v) is 7.70. The maximum atomic E-state index is 11.1. The number of hydrogen-bond acceptors (Lipinski definition) is 6. The first-order chi connectivity index (χ1) is 6.53. The van der Waals surface area contributed by atoms with Crippen LogP contribution in [-0.4, -0.2) is 30.7 Å². The molecule has 0 radical (unpaired) electrons. The summed E-state index contributed by atoms with van der Waals surface area (Å²) in [7, 11) is -2.85. The molecule has 2 N–H and O–H groups in total. The normalized spacial score (nSPS) is 11.8. The molecule has 0 unspecified atom stereocenters. The van der Waals surface area contributed by atoms with Crippen molar-refractivity contribution in [3.8, 4) is 0 Å². The molecule has 0 atom stereocenters. The van der Waals surface area contributed by atoms with E-state index in [0.717, 1.165) is 4.21 Å². The van der Waals surface area contributed by atoms with Crippen molar-refractivity contribution >= 4 is 38.1 Å². The maximum Gasteiger partial charge on any atom is 0.181 e. The predicted molar refractivity (Wildman–Crippen MR) is 61.6 cm³/mol. The van der Waals surface area contributed by atoms with Gasteiger partial charge in [0.25, 0.3) is 0 Å². The molecule has 0 saturated heterocycles. The van der Waals surface area contributed by atoms with Crippen LogP contribution in [0.4, 0.5) is 5.13 Å². The van der Waals surface area contributed by atoms with Gasteiger partial charge in [-0.3, -0.25) is 0 Å². The number of nitrogens with zero attached hydrogens (tertiary/aromatic N) is 1. The van der Waals surface area contributed by atoms with E-state index in [1.165, 1.54) is 23.1 Å². The highest BCUT2D eigenvalue weighted by Gasteiger charge is 2.07. The molecule has 1 rings (SSSR count). The molecule has 0 saturated carbocycles. The molecule has 1 aromatic heterocycles. The molecule has 0 aliphatic carbocycles. The number of aromatic nitrogens is 1. The van der Waals surface area contributed by atoms with Crippen molar-refractivity contribution in [3.05, 3.63) is 6.20 Å². The van der Waals surface area contributed by atoms with E-state index in [0.29, 0.717) is 10.9 Å². The van der Waals surface area contributed by atoms with Gasteiger partial charge in [-0.1, -0.05) is 18.3 Å². The third kappa shape index (κ3) is 3.85. The van der Waals surface area contributed by atoms with Gasteiger partial charge in [-0.15, -0.1) is 11.8 Å². The second-order valence-electron chi connectivity index (χ2n) is 2.60. The summed E-state index contributed by atoms with van der Waals surface area (Å²) >= 11 is 2.86. The van der Waals surface area contributed by atoms with E-state index in [1.54, 1.807) is 13.1 Å². The first-order valence-electron chi connectivity index (χ1n) is 4.08. The van der Waals surface area contributed by atoms with Gasteiger partial charge in [-0.25, -0.2) is 13.4 Å². The quantitative estimate of drug-likeness (QED) is 0.798. The summed E-state index contributed by atoms with van der Waals surface area (Å²) in [6.07, 6.45) is 1.67. The molecular weight excluding hydrogens is 240 g/mol. The minimum absolute atomic E-state index is 0.207. The Kier molecular flexibility index (Phi) is 4.21. The molecule has 0 aliphatic rings. The van der Waals surface area contributed by atoms with Crippen molar-refractivity contribution < 1.29 is 8.42 Å². The molecule has 80 valence electrons. The van der Waals surface area contributed by atoms with Crippen LogP contribution in [0.15, 0.2) is 10.4 Å². The smallest absolute Gasteiger partial charge is 0.181 e. The average Bonchev–Trinajstić information content (AvgIpc) is 2.51. The average molecular weight is 252 g/mol. The van der Waals surface area contributed by atoms with Crippen molar-refractivity contribution in [1.82, 2.24) is 4.98 Å². The summed E-state index contributed by atoms with van der Waals surface area (Å²) in [5.41, 5.74) is 5.44. The van der Waals surface area contributed by atoms with Crippen LogP contribution in [0.1, 0.15) is 6.92 Å². The van der Waals surface area contributed by atoms with Gasteiger partial charge in [0, 0.05) is 11.5 Å². The molecule has 0 aliphatic heterocycles. The largest absolute Gasteiger partial charge is 0.375 e. The van der Waals surface area contributed by atoms with E-state index in [-0.39, 0.29) is 11.5 Å². The van der Waals surface area contributed by atoms with Crippen molar-refractivity contribution in [1.29, 1.82) is 0 Å². The Hall–Kier alpha value is -0.270. The van der Waals surface area contributed by atoms with Gasteiger partial charge in [0.05, 0.1) is 16.2 Å². The van der Waals surface area contributed by atoms with Crippen LogP contribution in [-0.2, 0) is 9.84 Å². The minimum Gasteiger partial charge on any atom is -0.375 e. The number of nitrogens with two attached hydrogens (primary N) is 1. The monoisotopic (exact) mass is 252 g/mol. The number of anilines is 1. The zero-order valence-electron chi connectivity index (χ0n) is 7.76. The van der Waals surface area contributed by atoms with Crippen LogP contribution in [0, 0.1) is 0 Å². The molecule has 0 aromatic carbocycles. The molecule has 1 aromatic rings. The predicted octanol–water partition coefficient (Wildman–Crippen LogP) is 1.25. The Balaban J connectivity index is 2.36. The van der Waals surface area contributed by atoms with Crippen molar-refractivity contribution in [2.45, 2.75) is 11.1 Å². The SMILES string of the molecule is CCS(=O)(=O)CCSc1cnc(N)s1. The summed E-state index contributed by atoms with van der Waals surface area (Å²) < 4.78 is 23.3. The van der Waals surface area contributed by atoms with Gasteiger partial charge >= 0.3 is 0 Å². The number of thioether (sulfide) groups is 1. The summed E-state index contributed by atoms with van der Waals surface area (Å²) in [6.45, 7) is 1.66. The Morgan fingerprint density at radius 2 is 2.36 bits per heavy atom. The zero-order valence-corrected chi connectivity index (χ0v) is 10.2. The van der Waals surface area contributed by atoms with Gasteiger partial charge in [-0.2, -0.15) is 0 Å². The molecular formula is C7H12N2O2S3. The summed E-state index contributed by atoms with van der Waals surface area (Å²) in [5, 5.41) is 0.519. The third-order valence-electron chi connectivity index (χ3n) is 1.58. The summed E-state index contributed by atoms with van der Waals surface area (Å²) in [6, 6.07) is 0. The fourth-order valence-corrected chi connectivity index (χ4v) is 3.88. The number of sulfone groups is 1. The molecule has 0 fully saturated rings. The lowest BCUT2D eigenvalue weighted by molar-refractivity contribution is 0.599. The van der Waals surface area contributed by atoms with E-state index in [2.05, 4.69) is 4.98 Å². The summed E-state index contributed by atoms with van der Waals surface area (Å²) in [5.74, 6) is 0.988. The van der Waals surface area contributed by atoms with E-state index in [1.807, 2.05) is 0 Å². The molecule has 0 bridgehead atoms. The topological polar surface area (TPSA) is 73.0 Å². The first kappa shape index (κ1) is 11.8. The van der Waals surface area contributed by atoms with Crippen LogP contribution in [0.2, 0.25) is 0 Å². The number of hydrogen-bond donors (Lipinski definition) is 1. The highest BCUT2D eigenvalue weighted by molar-refractivity contribution is 8.02. The fraction of sp³-hybridized carbons (Fsp3) is 0.571. The zero-order chi connectivity index (χ0) is 10.6. The Labute approximate surface area is 91.8 Å². The van der Waals surface area contributed by atoms with Crippen molar-refractivity contribution in [3.63, 3.8) is 0 Å². The van der Waals surface area contributed by atoms with Crippen LogP contribution >= 0.6 is 23.1 Å². The van der Waals surface area contributed by atoms with Crippen LogP contribution in [0.3, 0.4) is 0 Å². The molecule has 0 spiro atoms.